The lowest BCUT2D eigenvalue weighted by Gasteiger charge is -2.21. The summed E-state index contributed by atoms with van der Waals surface area (Å²) < 4.78 is 15.3. The Morgan fingerprint density at radius 2 is 1.66 bits per heavy atom. The third-order valence-electron chi connectivity index (χ3n) is 7.66. The Balaban J connectivity index is 1.37. The van der Waals surface area contributed by atoms with Crippen LogP contribution in [-0.4, -0.2) is 9.97 Å². The van der Waals surface area contributed by atoms with Crippen LogP contribution in [0.2, 0.25) is 0 Å². The van der Waals surface area contributed by atoms with E-state index in [9.17, 15) is 0 Å². The number of aryl methyl sites for hydroxylation is 1. The Kier molecular flexibility index (Phi) is 3.94. The fraction of sp³-hybridized carbons (Fsp3) is 0.423. The minimum Gasteiger partial charge on any atom is -0.342 e. The van der Waals surface area contributed by atoms with Gasteiger partial charge in [0.2, 0.25) is 0 Å². The molecule has 2 saturated carbocycles. The highest BCUT2D eigenvalue weighted by molar-refractivity contribution is 5.75. The van der Waals surface area contributed by atoms with E-state index in [-0.39, 0.29) is 5.82 Å². The zero-order valence-corrected chi connectivity index (χ0v) is 17.0. The number of rotatable bonds is 3. The SMILES string of the molecule is Cc1ccc(-c2ccc(-c3cnc(C4CCCC4)[nH]3)cc2F)c2c1C1CCC2C1. The molecule has 2 fully saturated rings. The molecule has 1 N–H and O–H groups in total. The maximum absolute atomic E-state index is 15.3. The molecule has 3 aliphatic carbocycles. The number of hydrogen-bond donors (Lipinski definition) is 1. The Labute approximate surface area is 171 Å². The quantitative estimate of drug-likeness (QED) is 0.506. The van der Waals surface area contributed by atoms with Crippen LogP contribution >= 0.6 is 0 Å². The molecule has 0 saturated heterocycles. The normalized spacial score (nSPS) is 23.1. The van der Waals surface area contributed by atoms with E-state index in [1.807, 2.05) is 18.3 Å². The molecule has 2 nitrogen and oxygen atoms in total. The number of nitrogens with zero attached hydrogens (tertiary/aromatic N) is 1. The summed E-state index contributed by atoms with van der Waals surface area (Å²) in [6.45, 7) is 2.21. The molecule has 2 unspecified atom stereocenters. The number of halogens is 1. The third kappa shape index (κ3) is 2.70. The maximum atomic E-state index is 15.3. The molecule has 0 spiro atoms. The summed E-state index contributed by atoms with van der Waals surface area (Å²) in [5.41, 5.74) is 7.98. The molecule has 2 bridgehead atoms. The molecule has 3 aliphatic rings. The molecule has 1 aromatic heterocycles. The predicted octanol–water partition coefficient (Wildman–Crippen LogP) is 7.21. The summed E-state index contributed by atoms with van der Waals surface area (Å²) in [6, 6.07) is 10.0. The van der Waals surface area contributed by atoms with Gasteiger partial charge in [0.25, 0.3) is 0 Å². The number of benzene rings is 2. The molecule has 1 heterocycles. The molecule has 0 aliphatic heterocycles. The van der Waals surface area contributed by atoms with Crippen LogP contribution in [0.4, 0.5) is 4.39 Å². The van der Waals surface area contributed by atoms with Gasteiger partial charge in [-0.25, -0.2) is 9.37 Å². The van der Waals surface area contributed by atoms with Crippen LogP contribution in [0.5, 0.6) is 0 Å². The van der Waals surface area contributed by atoms with Gasteiger partial charge >= 0.3 is 0 Å². The van der Waals surface area contributed by atoms with Crippen molar-refractivity contribution < 1.29 is 4.39 Å². The molecule has 2 aromatic carbocycles. The van der Waals surface area contributed by atoms with Crippen LogP contribution in [0.15, 0.2) is 36.5 Å². The Morgan fingerprint density at radius 1 is 0.897 bits per heavy atom. The average molecular weight is 387 g/mol. The standard InChI is InChI=1S/C26H27FN2/c1-15-6-10-21(25-19-8-7-18(12-19)24(15)25)20-11-9-17(13-22(20)27)23-14-28-26(29-23)16-4-2-3-5-16/h6,9-11,13-14,16,18-19H,2-5,7-8,12H2,1H3,(H,28,29). The van der Waals surface area contributed by atoms with Crippen molar-refractivity contribution in [1.82, 2.24) is 9.97 Å². The molecular formula is C26H27FN2. The van der Waals surface area contributed by atoms with Gasteiger partial charge in [-0.15, -0.1) is 0 Å². The van der Waals surface area contributed by atoms with Crippen LogP contribution in [0.1, 0.15) is 85.2 Å². The maximum Gasteiger partial charge on any atom is 0.131 e. The van der Waals surface area contributed by atoms with Crippen molar-refractivity contribution in [2.75, 3.05) is 0 Å². The van der Waals surface area contributed by atoms with Crippen LogP contribution in [0, 0.1) is 12.7 Å². The zero-order valence-electron chi connectivity index (χ0n) is 17.0. The van der Waals surface area contributed by atoms with Crippen molar-refractivity contribution in [2.45, 2.75) is 69.6 Å². The van der Waals surface area contributed by atoms with E-state index < -0.39 is 0 Å². The number of imidazole rings is 1. The Hall–Kier alpha value is -2.42. The van der Waals surface area contributed by atoms with Crippen LogP contribution in [0.25, 0.3) is 22.4 Å². The first-order chi connectivity index (χ1) is 14.2. The van der Waals surface area contributed by atoms with Gasteiger partial charge in [0, 0.05) is 17.0 Å². The first kappa shape index (κ1) is 17.4. The van der Waals surface area contributed by atoms with Crippen molar-refractivity contribution in [3.63, 3.8) is 0 Å². The number of H-pyrrole nitrogens is 1. The molecule has 3 heteroatoms. The van der Waals surface area contributed by atoms with Crippen LogP contribution < -0.4 is 0 Å². The first-order valence-corrected chi connectivity index (χ1v) is 11.2. The molecule has 148 valence electrons. The second kappa shape index (κ2) is 6.55. The Morgan fingerprint density at radius 3 is 2.45 bits per heavy atom. The molecule has 0 radical (unpaired) electrons. The van der Waals surface area contributed by atoms with Gasteiger partial charge in [-0.2, -0.15) is 0 Å². The van der Waals surface area contributed by atoms with Crippen LogP contribution in [0.3, 0.4) is 0 Å². The summed E-state index contributed by atoms with van der Waals surface area (Å²) >= 11 is 0. The minimum absolute atomic E-state index is 0.131. The first-order valence-electron chi connectivity index (χ1n) is 11.2. The number of fused-ring (bicyclic) bond motifs is 5. The van der Waals surface area contributed by atoms with E-state index in [4.69, 9.17) is 0 Å². The van der Waals surface area contributed by atoms with Gasteiger partial charge in [0.1, 0.15) is 11.6 Å². The van der Waals surface area contributed by atoms with Crippen molar-refractivity contribution in [2.24, 2.45) is 0 Å². The van der Waals surface area contributed by atoms with Crippen LogP contribution in [-0.2, 0) is 0 Å². The molecule has 29 heavy (non-hydrogen) atoms. The topological polar surface area (TPSA) is 28.7 Å². The molecule has 3 aromatic rings. The van der Waals surface area contributed by atoms with Crippen molar-refractivity contribution in [3.8, 4) is 22.4 Å². The van der Waals surface area contributed by atoms with Gasteiger partial charge in [0.05, 0.1) is 11.9 Å². The average Bonchev–Trinajstić information content (AvgIpc) is 3.52. The van der Waals surface area contributed by atoms with E-state index in [0.29, 0.717) is 17.8 Å². The van der Waals surface area contributed by atoms with E-state index in [0.717, 1.165) is 28.2 Å². The van der Waals surface area contributed by atoms with Gasteiger partial charge in [-0.3, -0.25) is 0 Å². The summed E-state index contributed by atoms with van der Waals surface area (Å²) in [4.78, 5) is 8.04. The van der Waals surface area contributed by atoms with Gasteiger partial charge in [0.15, 0.2) is 0 Å². The lowest BCUT2D eigenvalue weighted by Crippen LogP contribution is -2.03. The fourth-order valence-corrected chi connectivity index (χ4v) is 6.26. The van der Waals surface area contributed by atoms with Crippen molar-refractivity contribution >= 4 is 0 Å². The Bertz CT molecular complexity index is 1090. The number of aromatic amines is 1. The van der Waals surface area contributed by atoms with Gasteiger partial charge < -0.3 is 4.98 Å². The molecule has 2 atom stereocenters. The predicted molar refractivity (Wildman–Crippen MR) is 115 cm³/mol. The number of nitrogens with one attached hydrogen (secondary N) is 1. The van der Waals surface area contributed by atoms with E-state index in [1.165, 1.54) is 61.6 Å². The van der Waals surface area contributed by atoms with Crippen molar-refractivity contribution in [3.05, 3.63) is 64.9 Å². The lowest BCUT2D eigenvalue weighted by molar-refractivity contribution is 0.630. The third-order valence-corrected chi connectivity index (χ3v) is 7.66. The highest BCUT2D eigenvalue weighted by Crippen LogP contribution is 2.56. The molecular weight excluding hydrogens is 359 g/mol. The smallest absolute Gasteiger partial charge is 0.131 e. The summed E-state index contributed by atoms with van der Waals surface area (Å²) in [5, 5.41) is 0. The lowest BCUT2D eigenvalue weighted by atomic mass is 9.83. The monoisotopic (exact) mass is 386 g/mol. The second-order valence-electron chi connectivity index (χ2n) is 9.32. The number of aromatic nitrogens is 2. The van der Waals surface area contributed by atoms with E-state index in [1.54, 1.807) is 6.07 Å². The summed E-state index contributed by atoms with van der Waals surface area (Å²) in [6.07, 6.45) is 10.7. The summed E-state index contributed by atoms with van der Waals surface area (Å²) in [7, 11) is 0. The highest BCUT2D eigenvalue weighted by atomic mass is 19.1. The molecule has 6 rings (SSSR count). The minimum atomic E-state index is -0.131. The van der Waals surface area contributed by atoms with Crippen molar-refractivity contribution in [1.29, 1.82) is 0 Å². The number of hydrogen-bond acceptors (Lipinski definition) is 1. The summed E-state index contributed by atoms with van der Waals surface area (Å²) in [5.74, 6) is 2.78. The second-order valence-corrected chi connectivity index (χ2v) is 9.32. The van der Waals surface area contributed by atoms with Gasteiger partial charge in [-0.1, -0.05) is 37.1 Å². The van der Waals surface area contributed by atoms with E-state index in [2.05, 4.69) is 29.0 Å². The highest BCUT2D eigenvalue weighted by Gasteiger charge is 2.39. The molecule has 0 amide bonds. The van der Waals surface area contributed by atoms with Gasteiger partial charge in [-0.05, 0) is 79.2 Å². The fourth-order valence-electron chi connectivity index (χ4n) is 6.26. The zero-order chi connectivity index (χ0) is 19.5. The van der Waals surface area contributed by atoms with E-state index >= 15 is 4.39 Å². The largest absolute Gasteiger partial charge is 0.342 e.